The van der Waals surface area contributed by atoms with E-state index >= 15 is 0 Å². The second-order valence-electron chi connectivity index (χ2n) is 3.06. The standard InChI is InChI=1S/C12H11NO2/c13-9-11(12(14)15)8-4-7-10-5-2-1-3-6-10/h1-3,5-6,8H,4,7H2,(H,14,15). The predicted octanol–water partition coefficient (Wildman–Crippen LogP) is 2.15. The summed E-state index contributed by atoms with van der Waals surface area (Å²) in [4.78, 5) is 10.5. The van der Waals surface area contributed by atoms with Gasteiger partial charge in [-0.2, -0.15) is 5.26 Å². The number of hydrogen-bond donors (Lipinski definition) is 1. The minimum atomic E-state index is -1.16. The van der Waals surface area contributed by atoms with Crippen molar-refractivity contribution in [1.82, 2.24) is 0 Å². The number of nitriles is 1. The Kier molecular flexibility index (Phi) is 4.11. The second-order valence-corrected chi connectivity index (χ2v) is 3.06. The highest BCUT2D eigenvalue weighted by Crippen LogP contribution is 2.04. The molecule has 0 atom stereocenters. The maximum Gasteiger partial charge on any atom is 0.346 e. The molecule has 15 heavy (non-hydrogen) atoms. The second kappa shape index (κ2) is 5.61. The average Bonchev–Trinajstić information content (AvgIpc) is 2.25. The highest BCUT2D eigenvalue weighted by molar-refractivity contribution is 5.90. The molecule has 0 bridgehead atoms. The van der Waals surface area contributed by atoms with Gasteiger partial charge in [0.1, 0.15) is 11.6 Å². The summed E-state index contributed by atoms with van der Waals surface area (Å²) in [5.41, 5.74) is 0.947. The van der Waals surface area contributed by atoms with E-state index in [1.807, 2.05) is 30.3 Å². The van der Waals surface area contributed by atoms with Gasteiger partial charge in [0.2, 0.25) is 0 Å². The molecule has 0 aliphatic heterocycles. The fourth-order valence-corrected chi connectivity index (χ4v) is 1.21. The van der Waals surface area contributed by atoms with E-state index in [0.717, 1.165) is 12.0 Å². The predicted molar refractivity (Wildman–Crippen MR) is 56.1 cm³/mol. The summed E-state index contributed by atoms with van der Waals surface area (Å²) < 4.78 is 0. The van der Waals surface area contributed by atoms with Crippen LogP contribution in [0.5, 0.6) is 0 Å². The smallest absolute Gasteiger partial charge is 0.346 e. The van der Waals surface area contributed by atoms with Crippen molar-refractivity contribution < 1.29 is 9.90 Å². The van der Waals surface area contributed by atoms with Crippen molar-refractivity contribution in [3.8, 4) is 6.07 Å². The molecule has 1 N–H and O–H groups in total. The summed E-state index contributed by atoms with van der Waals surface area (Å²) >= 11 is 0. The van der Waals surface area contributed by atoms with Crippen molar-refractivity contribution in [1.29, 1.82) is 5.26 Å². The van der Waals surface area contributed by atoms with Gasteiger partial charge in [-0.25, -0.2) is 4.79 Å². The van der Waals surface area contributed by atoms with E-state index < -0.39 is 5.97 Å². The number of carboxylic acids is 1. The summed E-state index contributed by atoms with van der Waals surface area (Å²) in [6.45, 7) is 0. The van der Waals surface area contributed by atoms with Crippen LogP contribution in [0.2, 0.25) is 0 Å². The van der Waals surface area contributed by atoms with Gasteiger partial charge in [-0.15, -0.1) is 0 Å². The summed E-state index contributed by atoms with van der Waals surface area (Å²) in [6.07, 6.45) is 2.77. The van der Waals surface area contributed by atoms with Gasteiger partial charge in [0, 0.05) is 0 Å². The number of hydrogen-bond acceptors (Lipinski definition) is 2. The lowest BCUT2D eigenvalue weighted by Crippen LogP contribution is -1.97. The number of benzene rings is 1. The number of aliphatic carboxylic acids is 1. The van der Waals surface area contributed by atoms with Crippen LogP contribution in [0.15, 0.2) is 42.0 Å². The van der Waals surface area contributed by atoms with Crippen molar-refractivity contribution in [2.75, 3.05) is 0 Å². The van der Waals surface area contributed by atoms with E-state index in [1.54, 1.807) is 6.07 Å². The zero-order valence-electron chi connectivity index (χ0n) is 8.18. The van der Waals surface area contributed by atoms with Gasteiger partial charge < -0.3 is 5.11 Å². The van der Waals surface area contributed by atoms with Crippen molar-refractivity contribution in [2.24, 2.45) is 0 Å². The van der Waals surface area contributed by atoms with E-state index in [1.165, 1.54) is 6.08 Å². The summed E-state index contributed by atoms with van der Waals surface area (Å²) in [6, 6.07) is 11.4. The third-order valence-corrected chi connectivity index (χ3v) is 1.98. The minimum absolute atomic E-state index is 0.189. The molecule has 0 spiro atoms. The number of aryl methyl sites for hydroxylation is 1. The van der Waals surface area contributed by atoms with Gasteiger partial charge in [-0.05, 0) is 18.4 Å². The molecule has 0 aliphatic rings. The van der Waals surface area contributed by atoms with Gasteiger partial charge in [-0.1, -0.05) is 36.4 Å². The first kappa shape index (κ1) is 11.0. The van der Waals surface area contributed by atoms with Crippen LogP contribution < -0.4 is 0 Å². The third-order valence-electron chi connectivity index (χ3n) is 1.98. The Morgan fingerprint density at radius 2 is 2.07 bits per heavy atom. The molecule has 3 nitrogen and oxygen atoms in total. The van der Waals surface area contributed by atoms with Gasteiger partial charge in [0.15, 0.2) is 0 Å². The first-order chi connectivity index (χ1) is 7.24. The Bertz CT molecular complexity index is 401. The Morgan fingerprint density at radius 3 is 2.60 bits per heavy atom. The van der Waals surface area contributed by atoms with Crippen LogP contribution in [0.3, 0.4) is 0 Å². The van der Waals surface area contributed by atoms with Crippen molar-refractivity contribution >= 4 is 5.97 Å². The molecule has 1 aromatic carbocycles. The van der Waals surface area contributed by atoms with Crippen LogP contribution in [-0.4, -0.2) is 11.1 Å². The molecule has 0 heterocycles. The number of carboxylic acid groups (broad SMARTS) is 1. The Balaban J connectivity index is 2.52. The molecule has 0 aliphatic carbocycles. The summed E-state index contributed by atoms with van der Waals surface area (Å²) in [5, 5.41) is 17.1. The normalized spacial score (nSPS) is 10.7. The van der Waals surface area contributed by atoms with Crippen LogP contribution in [0.1, 0.15) is 12.0 Å². The van der Waals surface area contributed by atoms with Crippen molar-refractivity contribution in [3.63, 3.8) is 0 Å². The van der Waals surface area contributed by atoms with E-state index in [4.69, 9.17) is 10.4 Å². The molecule has 0 radical (unpaired) electrons. The topological polar surface area (TPSA) is 61.1 Å². The van der Waals surface area contributed by atoms with Gasteiger partial charge >= 0.3 is 5.97 Å². The fraction of sp³-hybridized carbons (Fsp3) is 0.167. The molecular weight excluding hydrogens is 190 g/mol. The molecule has 3 heteroatoms. The molecular formula is C12H11NO2. The maximum atomic E-state index is 10.5. The molecule has 0 unspecified atom stereocenters. The minimum Gasteiger partial charge on any atom is -0.477 e. The molecule has 0 saturated heterocycles. The third kappa shape index (κ3) is 3.65. The van der Waals surface area contributed by atoms with E-state index in [-0.39, 0.29) is 5.57 Å². The van der Waals surface area contributed by atoms with Crippen molar-refractivity contribution in [3.05, 3.63) is 47.5 Å². The summed E-state index contributed by atoms with van der Waals surface area (Å²) in [7, 11) is 0. The molecule has 0 amide bonds. The first-order valence-corrected chi connectivity index (χ1v) is 4.61. The van der Waals surface area contributed by atoms with Crippen LogP contribution in [0.4, 0.5) is 0 Å². The molecule has 0 aromatic heterocycles. The Hall–Kier alpha value is -2.08. The van der Waals surface area contributed by atoms with Crippen LogP contribution in [0, 0.1) is 11.3 Å². The summed E-state index contributed by atoms with van der Waals surface area (Å²) in [5.74, 6) is -1.16. The quantitative estimate of drug-likeness (QED) is 0.599. The van der Waals surface area contributed by atoms with Gasteiger partial charge in [0.25, 0.3) is 0 Å². The number of nitrogens with zero attached hydrogens (tertiary/aromatic N) is 1. The average molecular weight is 201 g/mol. The number of rotatable bonds is 4. The lowest BCUT2D eigenvalue weighted by atomic mass is 10.1. The molecule has 0 fully saturated rings. The zero-order chi connectivity index (χ0) is 11.1. The van der Waals surface area contributed by atoms with Crippen LogP contribution >= 0.6 is 0 Å². The maximum absolute atomic E-state index is 10.5. The van der Waals surface area contributed by atoms with E-state index in [0.29, 0.717) is 6.42 Å². The molecule has 0 saturated carbocycles. The first-order valence-electron chi connectivity index (χ1n) is 4.61. The monoisotopic (exact) mass is 201 g/mol. The Morgan fingerprint density at radius 1 is 1.40 bits per heavy atom. The zero-order valence-corrected chi connectivity index (χ0v) is 8.18. The largest absolute Gasteiger partial charge is 0.477 e. The number of allylic oxidation sites excluding steroid dienone is 1. The van der Waals surface area contributed by atoms with E-state index in [2.05, 4.69) is 0 Å². The van der Waals surface area contributed by atoms with E-state index in [9.17, 15) is 4.79 Å². The Labute approximate surface area is 88.3 Å². The highest BCUT2D eigenvalue weighted by Gasteiger charge is 2.03. The SMILES string of the molecule is N#CC(=CCCc1ccccc1)C(=O)O. The highest BCUT2D eigenvalue weighted by atomic mass is 16.4. The van der Waals surface area contributed by atoms with Gasteiger partial charge in [0.05, 0.1) is 0 Å². The van der Waals surface area contributed by atoms with Gasteiger partial charge in [-0.3, -0.25) is 0 Å². The number of carbonyl (C=O) groups is 1. The van der Waals surface area contributed by atoms with Crippen LogP contribution in [0.25, 0.3) is 0 Å². The lowest BCUT2D eigenvalue weighted by Gasteiger charge is -1.96. The van der Waals surface area contributed by atoms with Crippen molar-refractivity contribution in [2.45, 2.75) is 12.8 Å². The molecule has 76 valence electrons. The molecule has 1 aromatic rings. The lowest BCUT2D eigenvalue weighted by molar-refractivity contribution is -0.132. The molecule has 1 rings (SSSR count). The van der Waals surface area contributed by atoms with Crippen LogP contribution in [-0.2, 0) is 11.2 Å². The fourth-order valence-electron chi connectivity index (χ4n) is 1.21.